The summed E-state index contributed by atoms with van der Waals surface area (Å²) in [5.74, 6) is 0.319. The number of carbonyl (C=O) groups is 3. The molecule has 1 aliphatic carbocycles. The molecule has 0 bridgehead atoms. The van der Waals surface area contributed by atoms with E-state index in [4.69, 9.17) is 9.47 Å². The number of ether oxygens (including phenoxy) is 2. The molecule has 3 aliphatic rings. The molecule has 0 saturated carbocycles. The molecule has 1 unspecified atom stereocenters. The Balaban J connectivity index is 1.37. The van der Waals surface area contributed by atoms with E-state index in [1.165, 1.54) is 0 Å². The van der Waals surface area contributed by atoms with Gasteiger partial charge >= 0.3 is 6.09 Å². The van der Waals surface area contributed by atoms with Gasteiger partial charge in [0.2, 0.25) is 6.41 Å². The summed E-state index contributed by atoms with van der Waals surface area (Å²) >= 11 is 0. The van der Waals surface area contributed by atoms with Crippen molar-refractivity contribution in [2.75, 3.05) is 59.6 Å². The maximum Gasteiger partial charge on any atom is 0.410 e. The van der Waals surface area contributed by atoms with E-state index in [1.807, 2.05) is 30.4 Å². The van der Waals surface area contributed by atoms with E-state index >= 15 is 0 Å². The minimum Gasteiger partial charge on any atom is -0.439 e. The number of hydrazine groups is 1. The highest BCUT2D eigenvalue weighted by Crippen LogP contribution is 2.17. The van der Waals surface area contributed by atoms with Crippen LogP contribution in [0, 0.1) is 0 Å². The maximum absolute atomic E-state index is 12.7. The number of allylic oxidation sites excluding steroid dienone is 4. The normalized spacial score (nSPS) is 20.4. The van der Waals surface area contributed by atoms with Gasteiger partial charge in [0.25, 0.3) is 5.91 Å². The van der Waals surface area contributed by atoms with Gasteiger partial charge in [-0.1, -0.05) is 37.3 Å². The number of hydrogen-bond acceptors (Lipinski definition) is 7. The summed E-state index contributed by atoms with van der Waals surface area (Å²) in [5, 5.41) is 4.40. The molecule has 2 N–H and O–H groups in total. The lowest BCUT2D eigenvalue weighted by molar-refractivity contribution is -0.124. The quantitative estimate of drug-likeness (QED) is 0.124. The lowest BCUT2D eigenvalue weighted by Crippen LogP contribution is -2.48. The lowest BCUT2D eigenvalue weighted by Gasteiger charge is -2.33. The lowest BCUT2D eigenvalue weighted by atomic mass is 10.1. The van der Waals surface area contributed by atoms with Crippen LogP contribution in [0.2, 0.25) is 0 Å². The molecule has 11 heteroatoms. The highest BCUT2D eigenvalue weighted by molar-refractivity contribution is 6.01. The van der Waals surface area contributed by atoms with Crippen LogP contribution in [0.25, 0.3) is 0 Å². The fourth-order valence-electron chi connectivity index (χ4n) is 5.29. The maximum atomic E-state index is 12.7. The van der Waals surface area contributed by atoms with Crippen molar-refractivity contribution in [3.8, 4) is 0 Å². The van der Waals surface area contributed by atoms with Gasteiger partial charge < -0.3 is 24.6 Å². The number of nitrogens with zero attached hydrogens (tertiary/aromatic N) is 4. The van der Waals surface area contributed by atoms with E-state index in [0.717, 1.165) is 70.4 Å². The molecule has 2 saturated heterocycles. The Morgan fingerprint density at radius 3 is 2.75 bits per heavy atom. The third-order valence-corrected chi connectivity index (χ3v) is 7.58. The molecule has 0 spiro atoms. The molecule has 3 amide bonds. The average Bonchev–Trinajstić information content (AvgIpc) is 3.41. The van der Waals surface area contributed by atoms with E-state index in [0.29, 0.717) is 44.4 Å². The van der Waals surface area contributed by atoms with Crippen LogP contribution in [0.5, 0.6) is 0 Å². The molecule has 11 nitrogen and oxygen atoms in total. The van der Waals surface area contributed by atoms with Crippen molar-refractivity contribution in [2.45, 2.75) is 64.0 Å². The molecule has 0 aromatic rings. The number of amidine groups is 1. The fourth-order valence-corrected chi connectivity index (χ4v) is 5.29. The Labute approximate surface area is 238 Å². The van der Waals surface area contributed by atoms with Gasteiger partial charge in [0, 0.05) is 58.1 Å². The number of amides is 3. The van der Waals surface area contributed by atoms with E-state index in [-0.39, 0.29) is 18.6 Å². The van der Waals surface area contributed by atoms with Crippen molar-refractivity contribution in [3.63, 3.8) is 0 Å². The van der Waals surface area contributed by atoms with Crippen LogP contribution >= 0.6 is 0 Å². The van der Waals surface area contributed by atoms with Gasteiger partial charge in [0.1, 0.15) is 5.84 Å². The van der Waals surface area contributed by atoms with Crippen LogP contribution < -0.4 is 10.7 Å². The van der Waals surface area contributed by atoms with E-state index in [1.54, 1.807) is 17.0 Å². The first kappa shape index (κ1) is 31.3. The van der Waals surface area contributed by atoms with Crippen LogP contribution in [0.4, 0.5) is 4.79 Å². The molecular weight excluding hydrogens is 512 g/mol. The molecular formula is C29H46N6O5. The molecule has 0 radical (unpaired) electrons. The first-order valence-corrected chi connectivity index (χ1v) is 14.6. The van der Waals surface area contributed by atoms with Crippen LogP contribution in [0.15, 0.2) is 40.9 Å². The minimum atomic E-state index is -0.504. The van der Waals surface area contributed by atoms with E-state index in [2.05, 4.69) is 27.6 Å². The first-order valence-electron chi connectivity index (χ1n) is 14.6. The van der Waals surface area contributed by atoms with Crippen molar-refractivity contribution in [1.82, 2.24) is 25.6 Å². The number of aliphatic imine (C=N–C) groups is 1. The summed E-state index contributed by atoms with van der Waals surface area (Å²) in [4.78, 5) is 45.3. The SMILES string of the molecule is CCN(CCCNC(=O)COC(=O)N1CCCC(N(C=O)NC(=NC)C2=CCC=CC=C2)CC1)C1CCOCC1. The van der Waals surface area contributed by atoms with Gasteiger partial charge in [-0.05, 0) is 51.5 Å². The van der Waals surface area contributed by atoms with Crippen molar-refractivity contribution < 1.29 is 23.9 Å². The zero-order chi connectivity index (χ0) is 28.6. The zero-order valence-corrected chi connectivity index (χ0v) is 24.1. The van der Waals surface area contributed by atoms with Gasteiger partial charge in [0.15, 0.2) is 6.61 Å². The predicted molar refractivity (Wildman–Crippen MR) is 155 cm³/mol. The summed E-state index contributed by atoms with van der Waals surface area (Å²) in [6, 6.07) is 0.445. The topological polar surface area (TPSA) is 116 Å². The second kappa shape index (κ2) is 17.5. The van der Waals surface area contributed by atoms with Gasteiger partial charge in [0.05, 0.1) is 6.04 Å². The second-order valence-electron chi connectivity index (χ2n) is 10.2. The Morgan fingerprint density at radius 1 is 1.18 bits per heavy atom. The third kappa shape index (κ3) is 10.1. The van der Waals surface area contributed by atoms with Crippen LogP contribution in [0.3, 0.4) is 0 Å². The molecule has 2 fully saturated rings. The first-order chi connectivity index (χ1) is 19.5. The van der Waals surface area contributed by atoms with E-state index in [9.17, 15) is 14.4 Å². The number of likely N-dealkylation sites (tertiary alicyclic amines) is 1. The molecule has 3 rings (SSSR count). The van der Waals surface area contributed by atoms with Gasteiger partial charge in [-0.2, -0.15) is 0 Å². The van der Waals surface area contributed by atoms with Crippen molar-refractivity contribution in [3.05, 3.63) is 36.0 Å². The predicted octanol–water partition coefficient (Wildman–Crippen LogP) is 2.42. The molecule has 2 aliphatic heterocycles. The fraction of sp³-hybridized carbons (Fsp3) is 0.655. The Kier molecular flexibility index (Phi) is 13.7. The summed E-state index contributed by atoms with van der Waals surface area (Å²) in [5.41, 5.74) is 4.07. The highest BCUT2D eigenvalue weighted by atomic mass is 16.6. The number of carbonyl (C=O) groups excluding carboxylic acids is 3. The summed E-state index contributed by atoms with van der Waals surface area (Å²) in [7, 11) is 1.69. The Hall–Kier alpha value is -3.18. The van der Waals surface area contributed by atoms with Crippen molar-refractivity contribution >= 4 is 24.2 Å². The van der Waals surface area contributed by atoms with Gasteiger partial charge in [-0.25, -0.2) is 4.79 Å². The van der Waals surface area contributed by atoms with Crippen molar-refractivity contribution in [1.29, 1.82) is 0 Å². The van der Waals surface area contributed by atoms with Crippen molar-refractivity contribution in [2.24, 2.45) is 4.99 Å². The summed E-state index contributed by atoms with van der Waals surface area (Å²) in [6.45, 7) is 6.88. The number of nitrogens with one attached hydrogen (secondary N) is 2. The van der Waals surface area contributed by atoms with Gasteiger partial charge in [-0.3, -0.25) is 25.0 Å². The standard InChI is InChI=1S/C29H46N6O5/c1-3-33(25-14-20-39-21-15-25)18-9-16-31-27(37)22-40-29(38)34-17-8-12-26(13-19-34)35(23-36)32-28(30-2)24-10-6-4-5-7-11-24/h4-6,10-11,23,25-26H,3,7-9,12-22H2,1-2H3,(H,30,32)(H,31,37). The average molecular weight is 559 g/mol. The highest BCUT2D eigenvalue weighted by Gasteiger charge is 2.26. The second-order valence-corrected chi connectivity index (χ2v) is 10.2. The zero-order valence-electron chi connectivity index (χ0n) is 24.1. The van der Waals surface area contributed by atoms with Crippen LogP contribution in [-0.2, 0) is 19.1 Å². The molecule has 222 valence electrons. The van der Waals surface area contributed by atoms with Crippen LogP contribution in [0.1, 0.15) is 51.9 Å². The number of rotatable bonds is 12. The summed E-state index contributed by atoms with van der Waals surface area (Å²) < 4.78 is 10.8. The smallest absolute Gasteiger partial charge is 0.410 e. The Bertz CT molecular complexity index is 943. The molecule has 40 heavy (non-hydrogen) atoms. The molecule has 2 heterocycles. The third-order valence-electron chi connectivity index (χ3n) is 7.58. The van der Waals surface area contributed by atoms with E-state index < -0.39 is 6.09 Å². The molecule has 0 aromatic heterocycles. The Morgan fingerprint density at radius 2 is 2.00 bits per heavy atom. The number of hydrogen-bond donors (Lipinski definition) is 2. The monoisotopic (exact) mass is 558 g/mol. The minimum absolute atomic E-state index is 0.104. The summed E-state index contributed by atoms with van der Waals surface area (Å²) in [6.07, 6.45) is 16.0. The molecule has 1 atom stereocenters. The molecule has 0 aromatic carbocycles. The van der Waals surface area contributed by atoms with Crippen LogP contribution in [-0.4, -0.2) is 111 Å². The largest absolute Gasteiger partial charge is 0.439 e. The van der Waals surface area contributed by atoms with Gasteiger partial charge in [-0.15, -0.1) is 0 Å².